The molecular formula is C16H22N2O3S. The second-order valence-corrected chi connectivity index (χ2v) is 6.30. The second kappa shape index (κ2) is 8.08. The summed E-state index contributed by atoms with van der Waals surface area (Å²) in [4.78, 5) is 27.0. The van der Waals surface area contributed by atoms with E-state index in [1.165, 1.54) is 17.4 Å². The van der Waals surface area contributed by atoms with E-state index in [0.717, 1.165) is 19.5 Å². The summed E-state index contributed by atoms with van der Waals surface area (Å²) >= 11 is 1.17. The Morgan fingerprint density at radius 3 is 2.59 bits per heavy atom. The average molecular weight is 322 g/mol. The van der Waals surface area contributed by atoms with Crippen LogP contribution in [0.3, 0.4) is 0 Å². The number of amides is 1. The van der Waals surface area contributed by atoms with Crippen molar-refractivity contribution in [2.75, 3.05) is 36.0 Å². The number of carboxylic acid groups (broad SMARTS) is 1. The molecular weight excluding hydrogens is 300 g/mol. The Hall–Kier alpha value is -1.69. The summed E-state index contributed by atoms with van der Waals surface area (Å²) in [5, 5.41) is 8.64. The van der Waals surface area contributed by atoms with Gasteiger partial charge in [0.25, 0.3) is 0 Å². The molecule has 0 spiro atoms. The predicted molar refractivity (Wildman–Crippen MR) is 89.4 cm³/mol. The molecule has 1 atom stereocenters. The summed E-state index contributed by atoms with van der Waals surface area (Å²) in [5.74, 6) is -0.606. The van der Waals surface area contributed by atoms with Crippen molar-refractivity contribution in [3.8, 4) is 0 Å². The lowest BCUT2D eigenvalue weighted by atomic mass is 10.1. The van der Waals surface area contributed by atoms with Gasteiger partial charge in [0.2, 0.25) is 5.91 Å². The van der Waals surface area contributed by atoms with E-state index in [9.17, 15) is 9.59 Å². The molecule has 1 amide bonds. The van der Waals surface area contributed by atoms with Crippen LogP contribution in [0.1, 0.15) is 13.3 Å². The molecule has 1 heterocycles. The Morgan fingerprint density at radius 2 is 1.95 bits per heavy atom. The lowest BCUT2D eigenvalue weighted by molar-refractivity contribution is -0.133. The number of piperazine rings is 1. The molecule has 2 rings (SSSR count). The molecule has 1 aromatic carbocycles. The van der Waals surface area contributed by atoms with E-state index in [2.05, 4.69) is 24.0 Å². The molecule has 0 saturated carbocycles. The minimum Gasteiger partial charge on any atom is -0.481 e. The normalized spacial score (nSPS) is 18.3. The van der Waals surface area contributed by atoms with Gasteiger partial charge in [-0.15, -0.1) is 11.8 Å². The zero-order valence-corrected chi connectivity index (χ0v) is 13.6. The lowest BCUT2D eigenvalue weighted by Gasteiger charge is -2.42. The van der Waals surface area contributed by atoms with Crippen LogP contribution < -0.4 is 4.90 Å². The van der Waals surface area contributed by atoms with Gasteiger partial charge in [-0.3, -0.25) is 9.59 Å². The van der Waals surface area contributed by atoms with Crippen molar-refractivity contribution < 1.29 is 14.7 Å². The fourth-order valence-electron chi connectivity index (χ4n) is 2.71. The first-order valence-corrected chi connectivity index (χ1v) is 8.66. The predicted octanol–water partition coefficient (Wildman–Crippen LogP) is 1.93. The maximum absolute atomic E-state index is 12.3. The maximum Gasteiger partial charge on any atom is 0.313 e. The quantitative estimate of drug-likeness (QED) is 0.867. The molecule has 0 bridgehead atoms. The number of anilines is 1. The molecule has 0 radical (unpaired) electrons. The second-order valence-electron chi connectivity index (χ2n) is 5.32. The molecule has 1 aromatic rings. The Kier molecular flexibility index (Phi) is 6.12. The number of aliphatic carboxylic acids is 1. The number of rotatable bonds is 6. The number of nitrogens with zero attached hydrogens (tertiary/aromatic N) is 2. The van der Waals surface area contributed by atoms with Crippen molar-refractivity contribution in [2.45, 2.75) is 19.4 Å². The van der Waals surface area contributed by atoms with E-state index in [0.29, 0.717) is 6.54 Å². The van der Waals surface area contributed by atoms with Gasteiger partial charge in [-0.2, -0.15) is 0 Å². The Labute approximate surface area is 135 Å². The highest BCUT2D eigenvalue weighted by atomic mass is 32.2. The van der Waals surface area contributed by atoms with Crippen LogP contribution in [0, 0.1) is 0 Å². The summed E-state index contributed by atoms with van der Waals surface area (Å²) < 4.78 is 0. The number of carboxylic acids is 1. The SMILES string of the molecule is CCC1CN(c2ccccc2)CCN1C(=O)CSCC(=O)O. The first kappa shape index (κ1) is 16.7. The van der Waals surface area contributed by atoms with Crippen LogP contribution in [0.25, 0.3) is 0 Å². The summed E-state index contributed by atoms with van der Waals surface area (Å²) in [6.45, 7) is 4.43. The minimum atomic E-state index is -0.876. The monoisotopic (exact) mass is 322 g/mol. The highest BCUT2D eigenvalue weighted by Gasteiger charge is 2.29. The largest absolute Gasteiger partial charge is 0.481 e. The molecule has 1 unspecified atom stereocenters. The third-order valence-corrected chi connectivity index (χ3v) is 4.75. The number of hydrogen-bond donors (Lipinski definition) is 1. The number of para-hydroxylation sites is 1. The van der Waals surface area contributed by atoms with E-state index in [1.807, 2.05) is 23.1 Å². The third kappa shape index (κ3) is 4.40. The van der Waals surface area contributed by atoms with Crippen molar-refractivity contribution in [1.29, 1.82) is 0 Å². The molecule has 22 heavy (non-hydrogen) atoms. The topological polar surface area (TPSA) is 60.9 Å². The van der Waals surface area contributed by atoms with Gasteiger partial charge in [0, 0.05) is 31.4 Å². The first-order valence-electron chi connectivity index (χ1n) is 7.50. The zero-order chi connectivity index (χ0) is 15.9. The van der Waals surface area contributed by atoms with Crippen LogP contribution in [-0.4, -0.2) is 59.1 Å². The summed E-state index contributed by atoms with van der Waals surface area (Å²) in [6.07, 6.45) is 0.901. The molecule has 1 N–H and O–H groups in total. The number of carbonyl (C=O) groups is 2. The van der Waals surface area contributed by atoms with E-state index in [1.54, 1.807) is 0 Å². The first-order chi connectivity index (χ1) is 10.6. The molecule has 1 fully saturated rings. The van der Waals surface area contributed by atoms with Crippen LogP contribution in [0.5, 0.6) is 0 Å². The van der Waals surface area contributed by atoms with Crippen LogP contribution in [0.2, 0.25) is 0 Å². The Morgan fingerprint density at radius 1 is 1.23 bits per heavy atom. The Balaban J connectivity index is 1.92. The van der Waals surface area contributed by atoms with E-state index >= 15 is 0 Å². The fourth-order valence-corrected chi connectivity index (χ4v) is 3.33. The Bertz CT molecular complexity index is 509. The summed E-state index contributed by atoms with van der Waals surface area (Å²) in [5.41, 5.74) is 1.19. The molecule has 120 valence electrons. The van der Waals surface area contributed by atoms with Crippen molar-refractivity contribution in [1.82, 2.24) is 4.90 Å². The van der Waals surface area contributed by atoms with Gasteiger partial charge in [0.05, 0.1) is 11.5 Å². The van der Waals surface area contributed by atoms with Crippen LogP contribution in [0.15, 0.2) is 30.3 Å². The molecule has 5 nitrogen and oxygen atoms in total. The van der Waals surface area contributed by atoms with Gasteiger partial charge in [0.1, 0.15) is 0 Å². The number of hydrogen-bond acceptors (Lipinski definition) is 4. The van der Waals surface area contributed by atoms with Crippen LogP contribution >= 0.6 is 11.8 Å². The van der Waals surface area contributed by atoms with Crippen molar-refractivity contribution in [2.24, 2.45) is 0 Å². The lowest BCUT2D eigenvalue weighted by Crippen LogP contribution is -2.55. The van der Waals surface area contributed by atoms with Gasteiger partial charge < -0.3 is 14.9 Å². The van der Waals surface area contributed by atoms with E-state index in [-0.39, 0.29) is 23.5 Å². The van der Waals surface area contributed by atoms with Crippen LogP contribution in [-0.2, 0) is 9.59 Å². The average Bonchev–Trinajstić information content (AvgIpc) is 2.54. The van der Waals surface area contributed by atoms with E-state index < -0.39 is 5.97 Å². The fraction of sp³-hybridized carbons (Fsp3) is 0.500. The molecule has 0 aromatic heterocycles. The highest BCUT2D eigenvalue weighted by Crippen LogP contribution is 2.21. The van der Waals surface area contributed by atoms with Crippen LogP contribution in [0.4, 0.5) is 5.69 Å². The molecule has 1 aliphatic rings. The molecule has 1 aliphatic heterocycles. The molecule has 0 aliphatic carbocycles. The van der Waals surface area contributed by atoms with Crippen molar-refractivity contribution in [3.05, 3.63) is 30.3 Å². The zero-order valence-electron chi connectivity index (χ0n) is 12.8. The number of benzene rings is 1. The van der Waals surface area contributed by atoms with Gasteiger partial charge in [-0.05, 0) is 18.6 Å². The summed E-state index contributed by atoms with van der Waals surface area (Å²) in [6, 6.07) is 10.4. The van der Waals surface area contributed by atoms with Gasteiger partial charge in [-0.25, -0.2) is 0 Å². The minimum absolute atomic E-state index is 0.0213. The summed E-state index contributed by atoms with van der Waals surface area (Å²) in [7, 11) is 0. The third-order valence-electron chi connectivity index (χ3n) is 3.85. The number of carbonyl (C=O) groups excluding carboxylic acids is 1. The maximum atomic E-state index is 12.3. The van der Waals surface area contributed by atoms with Crippen molar-refractivity contribution in [3.63, 3.8) is 0 Å². The molecule has 6 heteroatoms. The smallest absolute Gasteiger partial charge is 0.313 e. The van der Waals surface area contributed by atoms with Gasteiger partial charge in [-0.1, -0.05) is 25.1 Å². The standard InChI is InChI=1S/C16H22N2O3S/c1-2-13-10-17(14-6-4-3-5-7-14)8-9-18(13)15(19)11-22-12-16(20)21/h3-7,13H,2,8-12H2,1H3,(H,20,21). The highest BCUT2D eigenvalue weighted by molar-refractivity contribution is 8.00. The molecule has 1 saturated heterocycles. The van der Waals surface area contributed by atoms with Gasteiger partial charge >= 0.3 is 5.97 Å². The van der Waals surface area contributed by atoms with Crippen molar-refractivity contribution >= 4 is 29.3 Å². The van der Waals surface area contributed by atoms with Gasteiger partial charge in [0.15, 0.2) is 0 Å². The number of thioether (sulfide) groups is 1. The van der Waals surface area contributed by atoms with E-state index in [4.69, 9.17) is 5.11 Å².